The topological polar surface area (TPSA) is 45.2 Å². The van der Waals surface area contributed by atoms with Gasteiger partial charge in [-0.05, 0) is 26.8 Å². The van der Waals surface area contributed by atoms with Crippen LogP contribution in [-0.2, 0) is 0 Å². The molecule has 0 aliphatic heterocycles. The van der Waals surface area contributed by atoms with Gasteiger partial charge < -0.3 is 10.2 Å². The third kappa shape index (κ3) is 3.54. The third-order valence-corrected chi connectivity index (χ3v) is 5.15. The van der Waals surface area contributed by atoms with Crippen LogP contribution in [-0.4, -0.2) is 42.0 Å². The minimum Gasteiger partial charge on any atom is -0.350 e. The summed E-state index contributed by atoms with van der Waals surface area (Å²) >= 11 is 1.46. The number of benzene rings is 1. The summed E-state index contributed by atoms with van der Waals surface area (Å²) in [6, 6.07) is 10.7. The standard InChI is InChI=1S/C17H21N3OS/c1-12-15(16(21)18-10-11-20(2)14-8-9-14)22-17(19-12)13-6-4-3-5-7-13/h3-7,14H,8-11H2,1-2H3,(H,18,21). The fraction of sp³-hybridized carbons (Fsp3) is 0.412. The van der Waals surface area contributed by atoms with Gasteiger partial charge in [0.1, 0.15) is 9.88 Å². The van der Waals surface area contributed by atoms with E-state index in [1.54, 1.807) is 0 Å². The lowest BCUT2D eigenvalue weighted by Gasteiger charge is -2.15. The number of likely N-dealkylation sites (N-methyl/N-ethyl adjacent to an activating group) is 1. The van der Waals surface area contributed by atoms with E-state index in [1.807, 2.05) is 37.3 Å². The van der Waals surface area contributed by atoms with Gasteiger partial charge in [-0.25, -0.2) is 4.98 Å². The zero-order valence-electron chi connectivity index (χ0n) is 13.0. The molecule has 1 saturated carbocycles. The monoisotopic (exact) mass is 315 g/mol. The van der Waals surface area contributed by atoms with E-state index in [0.717, 1.165) is 28.9 Å². The van der Waals surface area contributed by atoms with Crippen LogP contribution >= 0.6 is 11.3 Å². The molecular formula is C17H21N3OS. The summed E-state index contributed by atoms with van der Waals surface area (Å²) in [6.07, 6.45) is 2.58. The van der Waals surface area contributed by atoms with Crippen LogP contribution in [0.3, 0.4) is 0 Å². The first-order chi connectivity index (χ1) is 10.6. The number of nitrogens with one attached hydrogen (secondary N) is 1. The normalized spacial score (nSPS) is 14.3. The minimum absolute atomic E-state index is 0.0126. The van der Waals surface area contributed by atoms with E-state index in [-0.39, 0.29) is 5.91 Å². The van der Waals surface area contributed by atoms with Crippen molar-refractivity contribution >= 4 is 17.2 Å². The predicted molar refractivity (Wildman–Crippen MR) is 90.3 cm³/mol. The van der Waals surface area contributed by atoms with Crippen LogP contribution in [0.4, 0.5) is 0 Å². The molecule has 0 bridgehead atoms. The quantitative estimate of drug-likeness (QED) is 0.891. The summed E-state index contributed by atoms with van der Waals surface area (Å²) in [5.41, 5.74) is 1.86. The number of amides is 1. The summed E-state index contributed by atoms with van der Waals surface area (Å²) in [4.78, 5) is 19.9. The number of aromatic nitrogens is 1. The minimum atomic E-state index is -0.0126. The fourth-order valence-corrected chi connectivity index (χ4v) is 3.42. The van der Waals surface area contributed by atoms with Crippen LogP contribution in [0.15, 0.2) is 30.3 Å². The van der Waals surface area contributed by atoms with Crippen molar-refractivity contribution < 1.29 is 4.79 Å². The maximum atomic E-state index is 12.3. The highest BCUT2D eigenvalue weighted by molar-refractivity contribution is 7.17. The van der Waals surface area contributed by atoms with E-state index in [2.05, 4.69) is 22.2 Å². The van der Waals surface area contributed by atoms with Crippen molar-refractivity contribution in [3.05, 3.63) is 40.9 Å². The van der Waals surface area contributed by atoms with Crippen molar-refractivity contribution in [2.45, 2.75) is 25.8 Å². The molecule has 1 fully saturated rings. The largest absolute Gasteiger partial charge is 0.350 e. The van der Waals surface area contributed by atoms with E-state index >= 15 is 0 Å². The number of rotatable bonds is 6. The highest BCUT2D eigenvalue weighted by Gasteiger charge is 2.25. The Labute approximate surface area is 135 Å². The molecule has 3 rings (SSSR count). The molecule has 0 radical (unpaired) electrons. The number of carbonyl (C=O) groups is 1. The van der Waals surface area contributed by atoms with Crippen LogP contribution in [0.1, 0.15) is 28.2 Å². The molecule has 0 spiro atoms. The van der Waals surface area contributed by atoms with Gasteiger partial charge in [-0.2, -0.15) is 0 Å². The average molecular weight is 315 g/mol. The van der Waals surface area contributed by atoms with Gasteiger partial charge in [0.05, 0.1) is 5.69 Å². The Morgan fingerprint density at radius 2 is 2.09 bits per heavy atom. The third-order valence-electron chi connectivity index (χ3n) is 3.94. The number of carbonyl (C=O) groups excluding carboxylic acids is 1. The molecule has 1 amide bonds. The Morgan fingerprint density at radius 3 is 2.77 bits per heavy atom. The molecule has 1 N–H and O–H groups in total. The zero-order chi connectivity index (χ0) is 15.5. The Kier molecular flexibility index (Phi) is 4.55. The molecule has 0 atom stereocenters. The molecule has 1 aliphatic rings. The van der Waals surface area contributed by atoms with E-state index in [0.29, 0.717) is 11.4 Å². The molecule has 5 heteroatoms. The van der Waals surface area contributed by atoms with Crippen molar-refractivity contribution in [1.29, 1.82) is 0 Å². The second-order valence-corrected chi connectivity index (χ2v) is 6.77. The smallest absolute Gasteiger partial charge is 0.263 e. The van der Waals surface area contributed by atoms with Crippen molar-refractivity contribution in [1.82, 2.24) is 15.2 Å². The first-order valence-corrected chi connectivity index (χ1v) is 8.48. The predicted octanol–water partition coefficient (Wildman–Crippen LogP) is 2.94. The molecule has 0 saturated heterocycles. The molecule has 2 aromatic rings. The maximum Gasteiger partial charge on any atom is 0.263 e. The molecule has 1 aliphatic carbocycles. The van der Waals surface area contributed by atoms with Crippen LogP contribution in [0.25, 0.3) is 10.6 Å². The Hall–Kier alpha value is -1.72. The number of thiazole rings is 1. The lowest BCUT2D eigenvalue weighted by molar-refractivity contribution is 0.0952. The van der Waals surface area contributed by atoms with Crippen molar-refractivity contribution in [3.8, 4) is 10.6 Å². The summed E-state index contributed by atoms with van der Waals surface area (Å²) in [6.45, 7) is 3.48. The van der Waals surface area contributed by atoms with Crippen LogP contribution < -0.4 is 5.32 Å². The summed E-state index contributed by atoms with van der Waals surface area (Å²) in [7, 11) is 2.12. The highest BCUT2D eigenvalue weighted by Crippen LogP contribution is 2.27. The van der Waals surface area contributed by atoms with Crippen molar-refractivity contribution in [2.24, 2.45) is 0 Å². The van der Waals surface area contributed by atoms with Crippen LogP contribution in [0.2, 0.25) is 0 Å². The molecule has 1 aromatic heterocycles. The molecule has 116 valence electrons. The zero-order valence-corrected chi connectivity index (χ0v) is 13.8. The van der Waals surface area contributed by atoms with Gasteiger partial charge in [0.2, 0.25) is 0 Å². The van der Waals surface area contributed by atoms with Crippen LogP contribution in [0.5, 0.6) is 0 Å². The van der Waals surface area contributed by atoms with Crippen molar-refractivity contribution in [2.75, 3.05) is 20.1 Å². The summed E-state index contributed by atoms with van der Waals surface area (Å²) < 4.78 is 0. The van der Waals surface area contributed by atoms with Gasteiger partial charge in [0.15, 0.2) is 0 Å². The number of aryl methyl sites for hydroxylation is 1. The van der Waals surface area contributed by atoms with E-state index in [9.17, 15) is 4.79 Å². The van der Waals surface area contributed by atoms with Gasteiger partial charge in [-0.1, -0.05) is 30.3 Å². The summed E-state index contributed by atoms with van der Waals surface area (Å²) in [5.74, 6) is -0.0126. The van der Waals surface area contributed by atoms with Crippen LogP contribution in [0, 0.1) is 6.92 Å². The van der Waals surface area contributed by atoms with Gasteiger partial charge in [-0.15, -0.1) is 11.3 Å². The number of hydrogen-bond donors (Lipinski definition) is 1. The molecule has 0 unspecified atom stereocenters. The second-order valence-electron chi connectivity index (χ2n) is 5.77. The number of nitrogens with zero attached hydrogens (tertiary/aromatic N) is 2. The lowest BCUT2D eigenvalue weighted by Crippen LogP contribution is -2.33. The maximum absolute atomic E-state index is 12.3. The molecule has 22 heavy (non-hydrogen) atoms. The highest BCUT2D eigenvalue weighted by atomic mass is 32.1. The SMILES string of the molecule is Cc1nc(-c2ccccc2)sc1C(=O)NCCN(C)C1CC1. The first kappa shape index (κ1) is 15.2. The Bertz CT molecular complexity index is 649. The Morgan fingerprint density at radius 1 is 1.36 bits per heavy atom. The summed E-state index contributed by atoms with van der Waals surface area (Å²) in [5, 5.41) is 3.91. The van der Waals surface area contributed by atoms with Gasteiger partial charge in [0, 0.05) is 24.7 Å². The van der Waals surface area contributed by atoms with Crippen molar-refractivity contribution in [3.63, 3.8) is 0 Å². The van der Waals surface area contributed by atoms with Gasteiger partial charge >= 0.3 is 0 Å². The van der Waals surface area contributed by atoms with Gasteiger partial charge in [0.25, 0.3) is 5.91 Å². The lowest BCUT2D eigenvalue weighted by atomic mass is 10.2. The second kappa shape index (κ2) is 6.58. The average Bonchev–Trinajstić information content (AvgIpc) is 3.30. The fourth-order valence-electron chi connectivity index (χ4n) is 2.44. The number of hydrogen-bond acceptors (Lipinski definition) is 4. The van der Waals surface area contributed by atoms with E-state index in [4.69, 9.17) is 0 Å². The Balaban J connectivity index is 1.61. The van der Waals surface area contributed by atoms with Gasteiger partial charge in [-0.3, -0.25) is 4.79 Å². The van der Waals surface area contributed by atoms with E-state index in [1.165, 1.54) is 24.2 Å². The van der Waals surface area contributed by atoms with E-state index < -0.39 is 0 Å². The molecule has 4 nitrogen and oxygen atoms in total. The molecule has 1 aromatic carbocycles. The molecule has 1 heterocycles. The first-order valence-electron chi connectivity index (χ1n) is 7.66. The molecular weight excluding hydrogens is 294 g/mol.